The summed E-state index contributed by atoms with van der Waals surface area (Å²) in [6.45, 7) is 0.907. The van der Waals surface area contributed by atoms with Gasteiger partial charge in [0.05, 0.1) is 0 Å². The molecule has 0 amide bonds. The van der Waals surface area contributed by atoms with Gasteiger partial charge in [0.2, 0.25) is 0 Å². The van der Waals surface area contributed by atoms with Crippen molar-refractivity contribution in [3.05, 3.63) is 54.1 Å². The molecule has 0 atom stereocenters. The summed E-state index contributed by atoms with van der Waals surface area (Å²) in [6.07, 6.45) is 5.70. The maximum absolute atomic E-state index is 12.6. The van der Waals surface area contributed by atoms with Gasteiger partial charge in [0.15, 0.2) is 0 Å². The third-order valence-corrected chi connectivity index (χ3v) is 2.33. The molecule has 0 saturated heterocycles. The molecule has 1 heterocycles. The van der Waals surface area contributed by atoms with Crippen LogP contribution in [0.3, 0.4) is 0 Å². The van der Waals surface area contributed by atoms with E-state index in [4.69, 9.17) is 0 Å². The first-order valence-corrected chi connectivity index (χ1v) is 5.06. The van der Waals surface area contributed by atoms with Gasteiger partial charge in [0.1, 0.15) is 5.82 Å². The van der Waals surface area contributed by atoms with Crippen molar-refractivity contribution in [2.45, 2.75) is 19.4 Å². The average Bonchev–Trinajstić information content (AvgIpc) is 2.74. The first-order valence-electron chi connectivity index (χ1n) is 5.06. The van der Waals surface area contributed by atoms with E-state index in [1.807, 2.05) is 29.1 Å². The maximum atomic E-state index is 12.6. The fraction of sp³-hybridized carbons (Fsp3) is 0.250. The van der Waals surface area contributed by atoms with Crippen molar-refractivity contribution >= 4 is 0 Å². The number of hydrogen-bond donors (Lipinski definition) is 0. The molecular weight excluding hydrogens is 191 g/mol. The van der Waals surface area contributed by atoms with Crippen molar-refractivity contribution in [3.63, 3.8) is 0 Å². The molecule has 78 valence electrons. The Morgan fingerprint density at radius 1 is 1.20 bits per heavy atom. The lowest BCUT2D eigenvalue weighted by molar-refractivity contribution is 0.578. The number of rotatable bonds is 4. The topological polar surface area (TPSA) is 17.8 Å². The molecule has 2 rings (SSSR count). The lowest BCUT2D eigenvalue weighted by Crippen LogP contribution is -1.99. The molecule has 15 heavy (non-hydrogen) atoms. The molecular formula is C12H13FN2. The van der Waals surface area contributed by atoms with Gasteiger partial charge in [0, 0.05) is 18.9 Å². The predicted octanol–water partition coefficient (Wildman–Crippen LogP) is 2.66. The molecule has 0 saturated carbocycles. The standard InChI is InChI=1S/C12H13FN2/c13-12-6-4-11(5-7-12)3-1-9-15-10-2-8-14-15/h2,4-8,10H,1,3,9H2. The van der Waals surface area contributed by atoms with Crippen LogP contribution in [0.25, 0.3) is 0 Å². The monoisotopic (exact) mass is 204 g/mol. The summed E-state index contributed by atoms with van der Waals surface area (Å²) in [5, 5.41) is 4.12. The third kappa shape index (κ3) is 2.91. The molecule has 0 aliphatic rings. The number of aryl methyl sites for hydroxylation is 2. The van der Waals surface area contributed by atoms with Crippen LogP contribution in [0.4, 0.5) is 4.39 Å². The van der Waals surface area contributed by atoms with Crippen molar-refractivity contribution < 1.29 is 4.39 Å². The molecule has 3 heteroatoms. The molecule has 2 aromatic rings. The normalized spacial score (nSPS) is 10.5. The van der Waals surface area contributed by atoms with E-state index in [9.17, 15) is 4.39 Å². The summed E-state index contributed by atoms with van der Waals surface area (Å²) in [6, 6.07) is 8.58. The quantitative estimate of drug-likeness (QED) is 0.748. The minimum Gasteiger partial charge on any atom is -0.273 e. The molecule has 2 nitrogen and oxygen atoms in total. The van der Waals surface area contributed by atoms with E-state index in [1.165, 1.54) is 17.7 Å². The van der Waals surface area contributed by atoms with Crippen LogP contribution in [-0.4, -0.2) is 9.78 Å². The van der Waals surface area contributed by atoms with Crippen LogP contribution in [0.5, 0.6) is 0 Å². The Morgan fingerprint density at radius 3 is 2.67 bits per heavy atom. The van der Waals surface area contributed by atoms with Crippen molar-refractivity contribution in [2.75, 3.05) is 0 Å². The van der Waals surface area contributed by atoms with E-state index in [0.717, 1.165) is 19.4 Å². The number of benzene rings is 1. The lowest BCUT2D eigenvalue weighted by atomic mass is 10.1. The highest BCUT2D eigenvalue weighted by Crippen LogP contribution is 2.06. The molecule has 0 aliphatic carbocycles. The van der Waals surface area contributed by atoms with E-state index in [-0.39, 0.29) is 5.82 Å². The van der Waals surface area contributed by atoms with Gasteiger partial charge in [-0.2, -0.15) is 5.10 Å². The fourth-order valence-electron chi connectivity index (χ4n) is 1.53. The van der Waals surface area contributed by atoms with Crippen molar-refractivity contribution in [2.24, 2.45) is 0 Å². The van der Waals surface area contributed by atoms with Crippen LogP contribution < -0.4 is 0 Å². The maximum Gasteiger partial charge on any atom is 0.123 e. The highest BCUT2D eigenvalue weighted by molar-refractivity contribution is 5.15. The molecule has 0 radical (unpaired) electrons. The molecule has 1 aromatic heterocycles. The highest BCUT2D eigenvalue weighted by atomic mass is 19.1. The van der Waals surface area contributed by atoms with E-state index >= 15 is 0 Å². The van der Waals surface area contributed by atoms with Gasteiger partial charge in [-0.25, -0.2) is 4.39 Å². The lowest BCUT2D eigenvalue weighted by Gasteiger charge is -2.02. The number of hydrogen-bond acceptors (Lipinski definition) is 1. The Hall–Kier alpha value is -1.64. The second-order valence-electron chi connectivity index (χ2n) is 3.50. The summed E-state index contributed by atoms with van der Waals surface area (Å²) in [5.74, 6) is -0.175. The predicted molar refractivity (Wildman–Crippen MR) is 56.9 cm³/mol. The summed E-state index contributed by atoms with van der Waals surface area (Å²) < 4.78 is 14.5. The second-order valence-corrected chi connectivity index (χ2v) is 3.50. The Bertz CT molecular complexity index is 392. The Labute approximate surface area is 88.4 Å². The molecule has 1 aromatic carbocycles. The van der Waals surface area contributed by atoms with E-state index in [0.29, 0.717) is 0 Å². The SMILES string of the molecule is Fc1ccc(CCCn2cccn2)cc1. The van der Waals surface area contributed by atoms with Crippen molar-refractivity contribution in [3.8, 4) is 0 Å². The van der Waals surface area contributed by atoms with Gasteiger partial charge in [0.25, 0.3) is 0 Å². The fourth-order valence-corrected chi connectivity index (χ4v) is 1.53. The van der Waals surface area contributed by atoms with Gasteiger partial charge < -0.3 is 0 Å². The van der Waals surface area contributed by atoms with Gasteiger partial charge in [-0.05, 0) is 36.6 Å². The molecule has 0 bridgehead atoms. The van der Waals surface area contributed by atoms with Crippen LogP contribution in [0.2, 0.25) is 0 Å². The van der Waals surface area contributed by atoms with Crippen LogP contribution >= 0.6 is 0 Å². The Balaban J connectivity index is 1.81. The summed E-state index contributed by atoms with van der Waals surface area (Å²) in [4.78, 5) is 0. The molecule has 0 aliphatic heterocycles. The number of nitrogens with zero attached hydrogens (tertiary/aromatic N) is 2. The van der Waals surface area contributed by atoms with Gasteiger partial charge >= 0.3 is 0 Å². The van der Waals surface area contributed by atoms with Gasteiger partial charge in [-0.3, -0.25) is 4.68 Å². The van der Waals surface area contributed by atoms with Crippen LogP contribution in [0, 0.1) is 5.82 Å². The zero-order valence-corrected chi connectivity index (χ0v) is 8.44. The van der Waals surface area contributed by atoms with Crippen molar-refractivity contribution in [1.29, 1.82) is 0 Å². The van der Waals surface area contributed by atoms with Crippen LogP contribution in [0.1, 0.15) is 12.0 Å². The largest absolute Gasteiger partial charge is 0.273 e. The second kappa shape index (κ2) is 4.73. The molecule has 0 fully saturated rings. The Morgan fingerprint density at radius 2 is 2.00 bits per heavy atom. The zero-order chi connectivity index (χ0) is 10.5. The van der Waals surface area contributed by atoms with Crippen LogP contribution in [-0.2, 0) is 13.0 Å². The molecule has 0 N–H and O–H groups in total. The zero-order valence-electron chi connectivity index (χ0n) is 8.44. The Kier molecular flexibility index (Phi) is 3.12. The van der Waals surface area contributed by atoms with E-state index in [1.54, 1.807) is 6.20 Å². The smallest absolute Gasteiger partial charge is 0.123 e. The van der Waals surface area contributed by atoms with E-state index in [2.05, 4.69) is 5.10 Å². The first-order chi connectivity index (χ1) is 7.34. The van der Waals surface area contributed by atoms with Crippen molar-refractivity contribution in [1.82, 2.24) is 9.78 Å². The summed E-state index contributed by atoms with van der Waals surface area (Å²) >= 11 is 0. The van der Waals surface area contributed by atoms with E-state index < -0.39 is 0 Å². The van der Waals surface area contributed by atoms with Crippen LogP contribution in [0.15, 0.2) is 42.7 Å². The third-order valence-electron chi connectivity index (χ3n) is 2.33. The summed E-state index contributed by atoms with van der Waals surface area (Å²) in [7, 11) is 0. The molecule has 0 spiro atoms. The highest BCUT2D eigenvalue weighted by Gasteiger charge is 1.95. The number of halogens is 1. The molecule has 0 unspecified atom stereocenters. The average molecular weight is 204 g/mol. The van der Waals surface area contributed by atoms with Gasteiger partial charge in [-0.1, -0.05) is 12.1 Å². The minimum absolute atomic E-state index is 0.175. The summed E-state index contributed by atoms with van der Waals surface area (Å²) in [5.41, 5.74) is 1.17. The first kappa shape index (κ1) is 9.90. The minimum atomic E-state index is -0.175. The number of aromatic nitrogens is 2. The van der Waals surface area contributed by atoms with Gasteiger partial charge in [-0.15, -0.1) is 0 Å².